The number of nitrogens with zero attached hydrogens (tertiary/aromatic N) is 2. The van der Waals surface area contributed by atoms with Crippen LogP contribution in [0.15, 0.2) is 48.5 Å². The van der Waals surface area contributed by atoms with Crippen molar-refractivity contribution in [1.82, 2.24) is 5.32 Å². The molecule has 1 aliphatic rings. The van der Waals surface area contributed by atoms with Gasteiger partial charge in [-0.3, -0.25) is 19.2 Å². The summed E-state index contributed by atoms with van der Waals surface area (Å²) in [5, 5.41) is 14.0. The lowest BCUT2D eigenvalue weighted by Crippen LogP contribution is -2.50. The molecule has 0 aromatic heterocycles. The number of anilines is 1. The van der Waals surface area contributed by atoms with Crippen LogP contribution in [0.3, 0.4) is 0 Å². The number of nitrogens with one attached hydrogen (secondary N) is 1. The molecule has 0 spiro atoms. The monoisotopic (exact) mass is 447 g/mol. The van der Waals surface area contributed by atoms with Gasteiger partial charge in [-0.1, -0.05) is 24.3 Å². The lowest BCUT2D eigenvalue weighted by atomic mass is 9.89. The Balaban J connectivity index is 1.91. The third-order valence-corrected chi connectivity index (χ3v) is 6.32. The van der Waals surface area contributed by atoms with Crippen LogP contribution in [-0.2, 0) is 14.8 Å². The highest BCUT2D eigenvalue weighted by Crippen LogP contribution is 2.39. The van der Waals surface area contributed by atoms with Crippen LogP contribution in [0.4, 0.5) is 11.4 Å². The van der Waals surface area contributed by atoms with Crippen LogP contribution in [0.5, 0.6) is 5.75 Å². The maximum Gasteiger partial charge on any atom is 0.271 e. The first-order chi connectivity index (χ1) is 14.4. The summed E-state index contributed by atoms with van der Waals surface area (Å²) in [5.74, 6) is 0.143. The summed E-state index contributed by atoms with van der Waals surface area (Å²) in [6, 6.07) is 11.1. The highest BCUT2D eigenvalue weighted by Gasteiger charge is 2.37. The van der Waals surface area contributed by atoms with Crippen LogP contribution in [0, 0.1) is 10.1 Å². The summed E-state index contributed by atoms with van der Waals surface area (Å²) in [4.78, 5) is 23.6. The number of rotatable bonds is 6. The van der Waals surface area contributed by atoms with Crippen LogP contribution in [0.25, 0.3) is 0 Å². The van der Waals surface area contributed by atoms with Crippen LogP contribution >= 0.6 is 0 Å². The van der Waals surface area contributed by atoms with Gasteiger partial charge in [0.2, 0.25) is 15.9 Å². The number of nitro benzene ring substituents is 1. The lowest BCUT2D eigenvalue weighted by molar-refractivity contribution is -0.384. The molecule has 1 heterocycles. The number of fused-ring (bicyclic) bond motifs is 1. The average molecular weight is 448 g/mol. The molecule has 0 fully saturated rings. The van der Waals surface area contributed by atoms with E-state index in [2.05, 4.69) is 5.32 Å². The molecule has 166 valence electrons. The summed E-state index contributed by atoms with van der Waals surface area (Å²) in [6.45, 7) is 5.28. The molecule has 2 aromatic rings. The van der Waals surface area contributed by atoms with Crippen LogP contribution in [0.2, 0.25) is 0 Å². The second kappa shape index (κ2) is 8.18. The van der Waals surface area contributed by atoms with Gasteiger partial charge in [0.25, 0.3) is 5.69 Å². The van der Waals surface area contributed by atoms with Gasteiger partial charge < -0.3 is 10.1 Å². The Morgan fingerprint density at radius 1 is 1.26 bits per heavy atom. The average Bonchev–Trinajstić information content (AvgIpc) is 2.66. The minimum atomic E-state index is -3.90. The van der Waals surface area contributed by atoms with Crippen LogP contribution < -0.4 is 14.4 Å². The number of hydrogen-bond acceptors (Lipinski definition) is 6. The van der Waals surface area contributed by atoms with Gasteiger partial charge >= 0.3 is 0 Å². The first-order valence-corrected chi connectivity index (χ1v) is 11.6. The predicted molar refractivity (Wildman–Crippen MR) is 117 cm³/mol. The number of carbonyl (C=O) groups excluding carboxylic acids is 1. The Morgan fingerprint density at radius 2 is 1.94 bits per heavy atom. The van der Waals surface area contributed by atoms with E-state index in [9.17, 15) is 23.3 Å². The van der Waals surface area contributed by atoms with Crippen molar-refractivity contribution in [3.05, 3.63) is 64.2 Å². The number of para-hydroxylation sites is 1. The summed E-state index contributed by atoms with van der Waals surface area (Å²) < 4.78 is 31.9. The third kappa shape index (κ3) is 4.96. The molecular formula is C21H25N3O6S. The van der Waals surface area contributed by atoms with Crippen molar-refractivity contribution in [1.29, 1.82) is 0 Å². The van der Waals surface area contributed by atoms with E-state index in [4.69, 9.17) is 4.74 Å². The molecule has 31 heavy (non-hydrogen) atoms. The SMILES string of the molecule is C[C@H](C(=O)N[C@@H]1CC(C)(C)Oc2ccccc21)N(c1cccc([N+](=O)[O-])c1)S(C)(=O)=O. The number of ether oxygens (including phenoxy) is 1. The van der Waals surface area contributed by atoms with E-state index in [1.54, 1.807) is 0 Å². The molecular weight excluding hydrogens is 422 g/mol. The van der Waals surface area contributed by atoms with E-state index < -0.39 is 32.5 Å². The van der Waals surface area contributed by atoms with Crippen molar-refractivity contribution in [3.63, 3.8) is 0 Å². The molecule has 0 bridgehead atoms. The van der Waals surface area contributed by atoms with Crippen molar-refractivity contribution in [3.8, 4) is 5.75 Å². The van der Waals surface area contributed by atoms with Gasteiger partial charge in [-0.25, -0.2) is 8.42 Å². The quantitative estimate of drug-likeness (QED) is 0.537. The lowest BCUT2D eigenvalue weighted by Gasteiger charge is -2.38. The first-order valence-electron chi connectivity index (χ1n) is 9.71. The fraction of sp³-hybridized carbons (Fsp3) is 0.381. The van der Waals surface area contributed by atoms with E-state index in [1.807, 2.05) is 38.1 Å². The molecule has 0 radical (unpaired) electrons. The molecule has 0 saturated heterocycles. The summed E-state index contributed by atoms with van der Waals surface area (Å²) in [6.07, 6.45) is 1.46. The highest BCUT2D eigenvalue weighted by molar-refractivity contribution is 7.92. The maximum atomic E-state index is 13.1. The third-order valence-electron chi connectivity index (χ3n) is 5.08. The molecule has 0 unspecified atom stereocenters. The molecule has 1 aliphatic heterocycles. The number of carbonyl (C=O) groups is 1. The normalized spacial score (nSPS) is 18.3. The van der Waals surface area contributed by atoms with Crippen molar-refractivity contribution in [2.75, 3.05) is 10.6 Å². The highest BCUT2D eigenvalue weighted by atomic mass is 32.2. The van der Waals surface area contributed by atoms with Crippen molar-refractivity contribution >= 4 is 27.3 Å². The molecule has 3 rings (SSSR count). The fourth-order valence-corrected chi connectivity index (χ4v) is 4.94. The van der Waals surface area contributed by atoms with E-state index >= 15 is 0 Å². The molecule has 0 saturated carbocycles. The molecule has 1 amide bonds. The van der Waals surface area contributed by atoms with Gasteiger partial charge in [0.1, 0.15) is 17.4 Å². The largest absolute Gasteiger partial charge is 0.487 e. The van der Waals surface area contributed by atoms with Crippen LogP contribution in [-0.4, -0.2) is 37.1 Å². The second-order valence-corrected chi connectivity index (χ2v) is 10.0. The molecule has 1 N–H and O–H groups in total. The zero-order valence-electron chi connectivity index (χ0n) is 17.7. The zero-order valence-corrected chi connectivity index (χ0v) is 18.5. The van der Waals surface area contributed by atoms with E-state index in [1.165, 1.54) is 25.1 Å². The van der Waals surface area contributed by atoms with Gasteiger partial charge in [0, 0.05) is 24.1 Å². The Kier molecular flexibility index (Phi) is 5.95. The van der Waals surface area contributed by atoms with Gasteiger partial charge in [-0.2, -0.15) is 0 Å². The van der Waals surface area contributed by atoms with E-state index in [0.29, 0.717) is 12.2 Å². The number of amides is 1. The smallest absolute Gasteiger partial charge is 0.271 e. The van der Waals surface area contributed by atoms with Crippen molar-refractivity contribution in [2.24, 2.45) is 0 Å². The first kappa shape index (κ1) is 22.5. The molecule has 0 aliphatic carbocycles. The topological polar surface area (TPSA) is 119 Å². The number of non-ortho nitro benzene ring substituents is 1. The van der Waals surface area contributed by atoms with Crippen LogP contribution in [0.1, 0.15) is 38.8 Å². The Hall–Kier alpha value is -3.14. The summed E-state index contributed by atoms with van der Waals surface area (Å²) in [7, 11) is -3.90. The van der Waals surface area contributed by atoms with Crippen molar-refractivity contribution < 1.29 is 22.9 Å². The predicted octanol–water partition coefficient (Wildman–Crippen LogP) is 3.17. The van der Waals surface area contributed by atoms with E-state index in [-0.39, 0.29) is 17.4 Å². The van der Waals surface area contributed by atoms with Gasteiger partial charge in [-0.15, -0.1) is 0 Å². The number of benzene rings is 2. The number of nitro groups is 1. The fourth-order valence-electron chi connectivity index (χ4n) is 3.78. The minimum Gasteiger partial charge on any atom is -0.487 e. The molecule has 2 aromatic carbocycles. The molecule has 2 atom stereocenters. The molecule has 9 nitrogen and oxygen atoms in total. The minimum absolute atomic E-state index is 0.0482. The Morgan fingerprint density at radius 3 is 2.58 bits per heavy atom. The standard InChI is InChI=1S/C21H25N3O6S/c1-14(23(31(4,28)29)15-8-7-9-16(12-15)24(26)27)20(25)22-18-13-21(2,3)30-19-11-6-5-10-17(18)19/h5-12,14,18H,13H2,1-4H3,(H,22,25)/t14-,18-/m1/s1. The Labute approximate surface area is 181 Å². The van der Waals surface area contributed by atoms with Crippen molar-refractivity contribution in [2.45, 2.75) is 44.9 Å². The summed E-state index contributed by atoms with van der Waals surface area (Å²) >= 11 is 0. The number of sulfonamides is 1. The van der Waals surface area contributed by atoms with Gasteiger partial charge in [0.05, 0.1) is 22.9 Å². The van der Waals surface area contributed by atoms with Gasteiger partial charge in [0.15, 0.2) is 0 Å². The second-order valence-electron chi connectivity index (χ2n) is 8.18. The van der Waals surface area contributed by atoms with E-state index in [0.717, 1.165) is 22.2 Å². The number of hydrogen-bond donors (Lipinski definition) is 1. The summed E-state index contributed by atoms with van der Waals surface area (Å²) in [5.41, 5.74) is 0.0705. The maximum absolute atomic E-state index is 13.1. The Bertz CT molecular complexity index is 1120. The zero-order chi connectivity index (χ0) is 23.0. The van der Waals surface area contributed by atoms with Gasteiger partial charge in [-0.05, 0) is 32.9 Å². The molecule has 10 heteroatoms.